The molecule has 1 N–H and O–H groups in total. The maximum Gasteiger partial charge on any atom is 0.111 e. The van der Waals surface area contributed by atoms with Crippen LogP contribution in [0.3, 0.4) is 0 Å². The first-order valence-corrected chi connectivity index (χ1v) is 7.86. The number of nitrogens with zero attached hydrogens (tertiary/aromatic N) is 1. The molecule has 0 saturated carbocycles. The first kappa shape index (κ1) is 15.4. The Hall–Kier alpha value is -1.02. The number of hydrogen-bond donors (Lipinski definition) is 1. The number of allylic oxidation sites excluding steroid dienone is 3. The molecule has 1 aliphatic carbocycles. The second-order valence-electron chi connectivity index (χ2n) is 6.85. The summed E-state index contributed by atoms with van der Waals surface area (Å²) in [5.74, 6) is 1.57. The van der Waals surface area contributed by atoms with Crippen LogP contribution in [0.2, 0.25) is 0 Å². The standard InChI is InChI=1S/C18H29NO/c1-6-10-19-11-9-18(5,14(3)15(19)4)17-12-16(20)8-7-13(17)2/h6,8,12-15,20H,1,7,9-11H2,2-5H3. The number of aliphatic hydroxyl groups excluding tert-OH is 1. The molecule has 0 spiro atoms. The zero-order chi connectivity index (χ0) is 14.9. The van der Waals surface area contributed by atoms with Gasteiger partial charge in [-0.3, -0.25) is 4.90 Å². The highest BCUT2D eigenvalue weighted by atomic mass is 16.3. The van der Waals surface area contributed by atoms with Gasteiger partial charge in [-0.25, -0.2) is 0 Å². The van der Waals surface area contributed by atoms with Crippen molar-refractivity contribution in [3.63, 3.8) is 0 Å². The second kappa shape index (κ2) is 5.77. The van der Waals surface area contributed by atoms with Gasteiger partial charge in [-0.15, -0.1) is 6.58 Å². The minimum Gasteiger partial charge on any atom is -0.508 e. The van der Waals surface area contributed by atoms with Crippen LogP contribution >= 0.6 is 0 Å². The van der Waals surface area contributed by atoms with E-state index in [2.05, 4.69) is 39.2 Å². The van der Waals surface area contributed by atoms with Crippen molar-refractivity contribution >= 4 is 0 Å². The van der Waals surface area contributed by atoms with Gasteiger partial charge >= 0.3 is 0 Å². The largest absolute Gasteiger partial charge is 0.508 e. The van der Waals surface area contributed by atoms with E-state index in [0.29, 0.717) is 23.6 Å². The predicted octanol–water partition coefficient (Wildman–Crippen LogP) is 4.32. The van der Waals surface area contributed by atoms with Crippen LogP contribution in [0.25, 0.3) is 0 Å². The lowest BCUT2D eigenvalue weighted by molar-refractivity contribution is 0.0322. The van der Waals surface area contributed by atoms with Gasteiger partial charge < -0.3 is 5.11 Å². The van der Waals surface area contributed by atoms with Crippen molar-refractivity contribution in [3.8, 4) is 0 Å². The monoisotopic (exact) mass is 275 g/mol. The van der Waals surface area contributed by atoms with Gasteiger partial charge in [0.25, 0.3) is 0 Å². The Morgan fingerprint density at radius 1 is 1.45 bits per heavy atom. The Balaban J connectivity index is 2.27. The maximum atomic E-state index is 9.89. The molecule has 1 aliphatic heterocycles. The van der Waals surface area contributed by atoms with E-state index >= 15 is 0 Å². The topological polar surface area (TPSA) is 23.5 Å². The Morgan fingerprint density at radius 2 is 2.15 bits per heavy atom. The van der Waals surface area contributed by atoms with Gasteiger partial charge in [0.1, 0.15) is 5.76 Å². The molecule has 1 fully saturated rings. The van der Waals surface area contributed by atoms with Crippen LogP contribution in [0, 0.1) is 17.3 Å². The summed E-state index contributed by atoms with van der Waals surface area (Å²) < 4.78 is 0. The molecule has 2 aliphatic rings. The summed E-state index contributed by atoms with van der Waals surface area (Å²) in [7, 11) is 0. The van der Waals surface area contributed by atoms with Crippen LogP contribution in [-0.2, 0) is 0 Å². The second-order valence-corrected chi connectivity index (χ2v) is 6.85. The van der Waals surface area contributed by atoms with Gasteiger partial charge in [-0.1, -0.05) is 32.4 Å². The molecule has 4 atom stereocenters. The van der Waals surface area contributed by atoms with E-state index in [0.717, 1.165) is 25.9 Å². The average molecular weight is 275 g/mol. The number of piperidine rings is 1. The Morgan fingerprint density at radius 3 is 2.80 bits per heavy atom. The fourth-order valence-corrected chi connectivity index (χ4v) is 4.00. The molecule has 0 radical (unpaired) electrons. The fraction of sp³-hybridized carbons (Fsp3) is 0.667. The summed E-state index contributed by atoms with van der Waals surface area (Å²) >= 11 is 0. The van der Waals surface area contributed by atoms with Crippen molar-refractivity contribution in [2.24, 2.45) is 17.3 Å². The van der Waals surface area contributed by atoms with Crippen LogP contribution in [0.5, 0.6) is 0 Å². The molecule has 2 heteroatoms. The van der Waals surface area contributed by atoms with Crippen molar-refractivity contribution in [3.05, 3.63) is 36.1 Å². The lowest BCUT2D eigenvalue weighted by Gasteiger charge is -2.51. The third kappa shape index (κ3) is 2.58. The number of aliphatic hydroxyl groups is 1. The molecule has 1 saturated heterocycles. The van der Waals surface area contributed by atoms with Gasteiger partial charge in [-0.2, -0.15) is 0 Å². The summed E-state index contributed by atoms with van der Waals surface area (Å²) in [6.45, 7) is 15.3. The molecule has 2 nitrogen and oxygen atoms in total. The van der Waals surface area contributed by atoms with Crippen molar-refractivity contribution in [2.75, 3.05) is 13.1 Å². The van der Waals surface area contributed by atoms with Crippen LogP contribution in [0.1, 0.15) is 40.5 Å². The maximum absolute atomic E-state index is 9.89. The van der Waals surface area contributed by atoms with Crippen molar-refractivity contribution < 1.29 is 5.11 Å². The lowest BCUT2D eigenvalue weighted by atomic mass is 9.61. The molecule has 0 aromatic heterocycles. The normalized spacial score (nSPS) is 39.1. The Labute approximate surface area is 123 Å². The molecule has 20 heavy (non-hydrogen) atoms. The lowest BCUT2D eigenvalue weighted by Crippen LogP contribution is -2.52. The molecule has 4 unspecified atom stereocenters. The van der Waals surface area contributed by atoms with Crippen molar-refractivity contribution in [2.45, 2.75) is 46.6 Å². The minimum absolute atomic E-state index is 0.193. The van der Waals surface area contributed by atoms with Crippen molar-refractivity contribution in [1.29, 1.82) is 0 Å². The number of rotatable bonds is 3. The van der Waals surface area contributed by atoms with Gasteiger partial charge in [0.05, 0.1) is 0 Å². The molecule has 112 valence electrons. The summed E-state index contributed by atoms with van der Waals surface area (Å²) in [6, 6.07) is 0.549. The quantitative estimate of drug-likeness (QED) is 0.775. The third-order valence-electron chi connectivity index (χ3n) is 5.76. The molecule has 0 bridgehead atoms. The van der Waals surface area contributed by atoms with Crippen LogP contribution in [0.4, 0.5) is 0 Å². The highest BCUT2D eigenvalue weighted by Gasteiger charge is 2.44. The van der Waals surface area contributed by atoms with E-state index < -0.39 is 0 Å². The zero-order valence-electron chi connectivity index (χ0n) is 13.4. The van der Waals surface area contributed by atoms with E-state index in [9.17, 15) is 5.11 Å². The summed E-state index contributed by atoms with van der Waals surface area (Å²) in [5.41, 5.74) is 1.63. The first-order valence-electron chi connectivity index (χ1n) is 7.86. The predicted molar refractivity (Wildman–Crippen MR) is 85.7 cm³/mol. The smallest absolute Gasteiger partial charge is 0.111 e. The van der Waals surface area contributed by atoms with Gasteiger partial charge in [0.15, 0.2) is 0 Å². The van der Waals surface area contributed by atoms with Crippen molar-refractivity contribution in [1.82, 2.24) is 4.90 Å². The molecule has 2 rings (SSSR count). The molecule has 0 amide bonds. The van der Waals surface area contributed by atoms with E-state index in [1.165, 1.54) is 5.57 Å². The van der Waals surface area contributed by atoms with Crippen LogP contribution in [-0.4, -0.2) is 29.1 Å². The summed E-state index contributed by atoms with van der Waals surface area (Å²) in [6.07, 6.45) is 8.10. The Kier molecular flexibility index (Phi) is 4.43. The zero-order valence-corrected chi connectivity index (χ0v) is 13.4. The highest BCUT2D eigenvalue weighted by molar-refractivity contribution is 5.31. The minimum atomic E-state index is 0.193. The molecule has 0 aromatic rings. The highest BCUT2D eigenvalue weighted by Crippen LogP contribution is 2.49. The third-order valence-corrected chi connectivity index (χ3v) is 5.76. The van der Waals surface area contributed by atoms with Gasteiger partial charge in [0, 0.05) is 12.6 Å². The van der Waals surface area contributed by atoms with Gasteiger partial charge in [0.2, 0.25) is 0 Å². The average Bonchev–Trinajstić information content (AvgIpc) is 2.42. The van der Waals surface area contributed by atoms with Gasteiger partial charge in [-0.05, 0) is 55.7 Å². The molecule has 0 aromatic carbocycles. The molecular formula is C18H29NO. The van der Waals surface area contributed by atoms with E-state index in [4.69, 9.17) is 0 Å². The Bertz CT molecular complexity index is 437. The van der Waals surface area contributed by atoms with E-state index in [1.807, 2.05) is 18.2 Å². The van der Waals surface area contributed by atoms with Crippen LogP contribution in [0.15, 0.2) is 36.1 Å². The number of likely N-dealkylation sites (tertiary alicyclic amines) is 1. The molecule has 1 heterocycles. The van der Waals surface area contributed by atoms with E-state index in [1.54, 1.807) is 0 Å². The fourth-order valence-electron chi connectivity index (χ4n) is 4.00. The van der Waals surface area contributed by atoms with Crippen LogP contribution < -0.4 is 0 Å². The first-order chi connectivity index (χ1) is 9.40. The SMILES string of the molecule is C=CCN1CCC(C)(C2=CC(O)=CCC2C)C(C)C1C. The van der Waals surface area contributed by atoms with E-state index in [-0.39, 0.29) is 5.41 Å². The molecular weight excluding hydrogens is 246 g/mol. The summed E-state index contributed by atoms with van der Waals surface area (Å²) in [4.78, 5) is 2.52. The number of hydrogen-bond acceptors (Lipinski definition) is 2. The summed E-state index contributed by atoms with van der Waals surface area (Å²) in [5, 5.41) is 9.89.